The third kappa shape index (κ3) is 8.27. The Hall–Kier alpha value is -1.11. The lowest BCUT2D eigenvalue weighted by Crippen LogP contribution is -2.16. The molecule has 0 aliphatic heterocycles. The molecule has 0 bridgehead atoms. The van der Waals surface area contributed by atoms with Gasteiger partial charge in [-0.1, -0.05) is 94.9 Å². The molecule has 0 spiro atoms. The predicted molar refractivity (Wildman–Crippen MR) is 124 cm³/mol. The van der Waals surface area contributed by atoms with Crippen LogP contribution < -0.4 is 0 Å². The van der Waals surface area contributed by atoms with Gasteiger partial charge >= 0.3 is 0 Å². The zero-order valence-corrected chi connectivity index (χ0v) is 18.8. The largest absolute Gasteiger partial charge is 0.207 e. The molecule has 1 aromatic rings. The average Bonchev–Trinajstić information content (AvgIpc) is 2.76. The van der Waals surface area contributed by atoms with Gasteiger partial charge in [0.2, 0.25) is 0 Å². The van der Waals surface area contributed by atoms with E-state index < -0.39 is 0 Å². The monoisotopic (exact) mass is 398 g/mol. The van der Waals surface area contributed by atoms with Gasteiger partial charge in [-0.2, -0.15) is 0 Å². The van der Waals surface area contributed by atoms with Crippen molar-refractivity contribution in [1.29, 1.82) is 0 Å². The first-order valence-electron chi connectivity index (χ1n) is 12.6. The van der Waals surface area contributed by atoms with Gasteiger partial charge in [-0.05, 0) is 74.0 Å². The molecule has 1 heteroatoms. The molecule has 0 aromatic heterocycles. The second-order valence-electron chi connectivity index (χ2n) is 9.94. The number of benzene rings is 1. The maximum Gasteiger partial charge on any atom is 0.123 e. The van der Waals surface area contributed by atoms with E-state index in [1.165, 1.54) is 95.5 Å². The molecule has 1 atom stereocenters. The summed E-state index contributed by atoms with van der Waals surface area (Å²) in [4.78, 5) is 0. The van der Waals surface area contributed by atoms with Crippen molar-refractivity contribution in [1.82, 2.24) is 0 Å². The molecule has 29 heavy (non-hydrogen) atoms. The number of hydrogen-bond acceptors (Lipinski definition) is 0. The fourth-order valence-electron chi connectivity index (χ4n) is 5.53. The van der Waals surface area contributed by atoms with Crippen LogP contribution in [0.1, 0.15) is 109 Å². The normalized spacial score (nSPS) is 25.0. The smallest absolute Gasteiger partial charge is 0.123 e. The van der Waals surface area contributed by atoms with E-state index in [0.29, 0.717) is 0 Å². The molecule has 0 saturated heterocycles. The number of unbranched alkanes of at least 4 members (excludes halogenated alkanes) is 3. The Morgan fingerprint density at radius 1 is 0.759 bits per heavy atom. The third-order valence-corrected chi connectivity index (χ3v) is 7.68. The molecular weight excluding hydrogens is 355 g/mol. The van der Waals surface area contributed by atoms with E-state index in [-0.39, 0.29) is 5.82 Å². The van der Waals surface area contributed by atoms with Gasteiger partial charge in [0.15, 0.2) is 0 Å². The molecule has 162 valence electrons. The summed E-state index contributed by atoms with van der Waals surface area (Å²) in [6.07, 6.45) is 24.9. The summed E-state index contributed by atoms with van der Waals surface area (Å²) in [5, 5.41) is 0. The highest BCUT2D eigenvalue weighted by molar-refractivity contribution is 5.18. The van der Waals surface area contributed by atoms with Crippen molar-refractivity contribution in [2.75, 3.05) is 0 Å². The Balaban J connectivity index is 1.26. The Morgan fingerprint density at radius 2 is 1.45 bits per heavy atom. The SMILES string of the molecule is CCCCCC[C@H]1CC[C@H](CCC2CC=C(CCc3ccc(F)cc3)CC2)CC1. The Morgan fingerprint density at radius 3 is 2.10 bits per heavy atom. The molecule has 2 aliphatic carbocycles. The highest BCUT2D eigenvalue weighted by Gasteiger charge is 2.22. The van der Waals surface area contributed by atoms with Gasteiger partial charge in [0.25, 0.3) is 0 Å². The van der Waals surface area contributed by atoms with Crippen LogP contribution in [0.5, 0.6) is 0 Å². The predicted octanol–water partition coefficient (Wildman–Crippen LogP) is 9.04. The maximum absolute atomic E-state index is 13.0. The second-order valence-corrected chi connectivity index (χ2v) is 9.94. The van der Waals surface area contributed by atoms with Crippen molar-refractivity contribution in [2.45, 2.75) is 110 Å². The zero-order chi connectivity index (χ0) is 20.3. The van der Waals surface area contributed by atoms with Crippen LogP contribution in [-0.2, 0) is 6.42 Å². The van der Waals surface area contributed by atoms with Gasteiger partial charge in [0, 0.05) is 0 Å². The molecule has 1 fully saturated rings. The van der Waals surface area contributed by atoms with E-state index in [1.54, 1.807) is 17.7 Å². The summed E-state index contributed by atoms with van der Waals surface area (Å²) in [7, 11) is 0. The van der Waals surface area contributed by atoms with Crippen LogP contribution in [0.25, 0.3) is 0 Å². The zero-order valence-electron chi connectivity index (χ0n) is 18.8. The molecule has 3 rings (SSSR count). The van der Waals surface area contributed by atoms with Gasteiger partial charge in [0.05, 0.1) is 0 Å². The van der Waals surface area contributed by atoms with Crippen molar-refractivity contribution in [3.05, 3.63) is 47.3 Å². The van der Waals surface area contributed by atoms with Gasteiger partial charge < -0.3 is 0 Å². The fraction of sp³-hybridized carbons (Fsp3) is 0.714. The number of halogens is 1. The van der Waals surface area contributed by atoms with Crippen LogP contribution in [0.4, 0.5) is 4.39 Å². The third-order valence-electron chi connectivity index (χ3n) is 7.68. The van der Waals surface area contributed by atoms with E-state index in [9.17, 15) is 4.39 Å². The molecule has 2 aliphatic rings. The maximum atomic E-state index is 13.0. The van der Waals surface area contributed by atoms with Gasteiger partial charge in [-0.3, -0.25) is 0 Å². The van der Waals surface area contributed by atoms with Crippen molar-refractivity contribution in [3.8, 4) is 0 Å². The Kier molecular flexibility index (Phi) is 9.77. The number of rotatable bonds is 11. The van der Waals surface area contributed by atoms with Gasteiger partial charge in [-0.15, -0.1) is 0 Å². The lowest BCUT2D eigenvalue weighted by molar-refractivity contribution is 0.234. The summed E-state index contributed by atoms with van der Waals surface area (Å²) in [6, 6.07) is 7.03. The van der Waals surface area contributed by atoms with Crippen molar-refractivity contribution in [3.63, 3.8) is 0 Å². The second kappa shape index (κ2) is 12.6. The van der Waals surface area contributed by atoms with Crippen LogP contribution in [-0.4, -0.2) is 0 Å². The average molecular weight is 399 g/mol. The van der Waals surface area contributed by atoms with Gasteiger partial charge in [0.1, 0.15) is 5.82 Å². The molecule has 0 nitrogen and oxygen atoms in total. The minimum atomic E-state index is -0.131. The van der Waals surface area contributed by atoms with Crippen LogP contribution in [0.3, 0.4) is 0 Å². The van der Waals surface area contributed by atoms with Crippen molar-refractivity contribution < 1.29 is 4.39 Å². The van der Waals surface area contributed by atoms with Crippen molar-refractivity contribution >= 4 is 0 Å². The summed E-state index contributed by atoms with van der Waals surface area (Å²) in [5.41, 5.74) is 2.89. The highest BCUT2D eigenvalue weighted by atomic mass is 19.1. The van der Waals surface area contributed by atoms with Crippen LogP contribution in [0.15, 0.2) is 35.9 Å². The van der Waals surface area contributed by atoms with E-state index in [4.69, 9.17) is 0 Å². The first-order valence-corrected chi connectivity index (χ1v) is 12.6. The summed E-state index contributed by atoms with van der Waals surface area (Å²) < 4.78 is 13.0. The quantitative estimate of drug-likeness (QED) is 0.257. The first-order chi connectivity index (χ1) is 14.2. The molecule has 1 unspecified atom stereocenters. The Bertz CT molecular complexity index is 591. The minimum Gasteiger partial charge on any atom is -0.207 e. The van der Waals surface area contributed by atoms with Crippen LogP contribution in [0.2, 0.25) is 0 Å². The van der Waals surface area contributed by atoms with Crippen LogP contribution >= 0.6 is 0 Å². The number of allylic oxidation sites excluding steroid dienone is 2. The topological polar surface area (TPSA) is 0 Å². The minimum absolute atomic E-state index is 0.131. The van der Waals surface area contributed by atoms with Crippen LogP contribution in [0, 0.1) is 23.6 Å². The van der Waals surface area contributed by atoms with E-state index in [0.717, 1.165) is 30.6 Å². The highest BCUT2D eigenvalue weighted by Crippen LogP contribution is 2.37. The molecule has 1 saturated carbocycles. The molecular formula is C28H43F. The Labute approximate surface area is 179 Å². The summed E-state index contributed by atoms with van der Waals surface area (Å²) >= 11 is 0. The van der Waals surface area contributed by atoms with E-state index >= 15 is 0 Å². The van der Waals surface area contributed by atoms with E-state index in [2.05, 4.69) is 13.0 Å². The van der Waals surface area contributed by atoms with E-state index in [1.807, 2.05) is 12.1 Å². The molecule has 0 radical (unpaired) electrons. The lowest BCUT2D eigenvalue weighted by Gasteiger charge is -2.30. The van der Waals surface area contributed by atoms with Gasteiger partial charge in [-0.25, -0.2) is 4.39 Å². The fourth-order valence-corrected chi connectivity index (χ4v) is 5.53. The number of hydrogen-bond donors (Lipinski definition) is 0. The molecule has 0 N–H and O–H groups in total. The lowest BCUT2D eigenvalue weighted by atomic mass is 9.76. The molecule has 1 aromatic carbocycles. The molecule has 0 amide bonds. The first kappa shape index (κ1) is 22.6. The van der Waals surface area contributed by atoms with Crippen molar-refractivity contribution in [2.24, 2.45) is 17.8 Å². The number of aryl methyl sites for hydroxylation is 1. The molecule has 0 heterocycles. The summed E-state index contributed by atoms with van der Waals surface area (Å²) in [5.74, 6) is 2.86. The standard InChI is InChI=1S/C28H43F/c1-2-3-4-5-6-23-7-9-24(10-8-23)11-12-25-13-15-26(16-14-25)17-18-27-19-21-28(29)22-20-27/h15,19-25H,2-14,16-18H2,1H3/t23-,24-,25?. The summed E-state index contributed by atoms with van der Waals surface area (Å²) in [6.45, 7) is 2.31.